The summed E-state index contributed by atoms with van der Waals surface area (Å²) in [7, 11) is -2.88. The lowest BCUT2D eigenvalue weighted by molar-refractivity contribution is 0.139. The van der Waals surface area contributed by atoms with E-state index in [9.17, 15) is 18.3 Å². The molecule has 0 fully saturated rings. The molecule has 14 heteroatoms. The van der Waals surface area contributed by atoms with Crippen molar-refractivity contribution >= 4 is 22.0 Å². The molecule has 0 aliphatic carbocycles. The molecule has 0 radical (unpaired) electrons. The normalized spacial score (nSPS) is 11.1. The van der Waals surface area contributed by atoms with E-state index in [-0.39, 0.29) is 34.9 Å². The van der Waals surface area contributed by atoms with Crippen LogP contribution in [0, 0.1) is 0 Å². The van der Waals surface area contributed by atoms with Crippen LogP contribution in [0.1, 0.15) is 25.3 Å². The molecular weight excluding hydrogens is 496 g/mol. The third-order valence-electron chi connectivity index (χ3n) is 4.52. The Bertz CT molecular complexity index is 1320. The van der Waals surface area contributed by atoms with E-state index in [1.807, 2.05) is 13.8 Å². The quantitative estimate of drug-likeness (QED) is 0.315. The van der Waals surface area contributed by atoms with Crippen LogP contribution in [0.2, 0.25) is 0 Å². The number of aromatic nitrogens is 3. The van der Waals surface area contributed by atoms with Gasteiger partial charge in [-0.3, -0.25) is 4.72 Å². The number of carboxylic acid groups (broad SMARTS) is 1. The number of anilines is 1. The summed E-state index contributed by atoms with van der Waals surface area (Å²) in [6.45, 7) is 3.17. The molecule has 3 rings (SSSR count). The molecule has 0 bridgehead atoms. The largest absolute Gasteiger partial charge is 0.513 e. The minimum atomic E-state index is -4.33. The molecule has 1 aromatic carbocycles. The van der Waals surface area contributed by atoms with Crippen LogP contribution in [0.4, 0.5) is 10.6 Å². The van der Waals surface area contributed by atoms with E-state index in [1.165, 1.54) is 25.4 Å². The smallest absolute Gasteiger partial charge is 0.497 e. The summed E-state index contributed by atoms with van der Waals surface area (Å²) < 4.78 is 49.3. The number of carbonyl (C=O) groups is 1. The summed E-state index contributed by atoms with van der Waals surface area (Å²) in [5.74, 6) is -0.441. The molecule has 0 spiro atoms. The molecule has 0 aliphatic rings. The average Bonchev–Trinajstić information content (AvgIpc) is 2.84. The zero-order valence-corrected chi connectivity index (χ0v) is 20.4. The van der Waals surface area contributed by atoms with E-state index < -0.39 is 34.6 Å². The number of benzene rings is 1. The second-order valence-electron chi connectivity index (χ2n) is 7.40. The predicted octanol–water partition coefficient (Wildman–Crippen LogP) is 3.02. The average molecular weight is 521 g/mol. The van der Waals surface area contributed by atoms with Gasteiger partial charge in [0.05, 0.1) is 13.7 Å². The molecule has 0 atom stereocenters. The van der Waals surface area contributed by atoms with E-state index in [1.54, 1.807) is 24.3 Å². The standard InChI is InChI=1S/C22H24N4O9S/c1-13(2)14-7-8-17(23-12-14)36(30,31)26-19-18(34-16-6-4-5-15(11-16)32-3)20(33-10-9-27)25-21(24-19)35-22(28)29/h4-8,11-13,27H,9-10H2,1-3H3,(H,28,29)(H,24,25,26). The summed E-state index contributed by atoms with van der Waals surface area (Å²) >= 11 is 0. The summed E-state index contributed by atoms with van der Waals surface area (Å²) in [6, 6.07) is 8.52. The Balaban J connectivity index is 2.10. The lowest BCUT2D eigenvalue weighted by Gasteiger charge is -2.16. The van der Waals surface area contributed by atoms with Gasteiger partial charge in [0.25, 0.3) is 15.9 Å². The van der Waals surface area contributed by atoms with Gasteiger partial charge in [0.2, 0.25) is 5.75 Å². The molecule has 0 amide bonds. The molecule has 0 saturated carbocycles. The molecule has 0 aliphatic heterocycles. The zero-order chi connectivity index (χ0) is 26.3. The number of pyridine rings is 1. The monoisotopic (exact) mass is 520 g/mol. The fourth-order valence-corrected chi connectivity index (χ4v) is 3.73. The van der Waals surface area contributed by atoms with Crippen LogP contribution < -0.4 is 23.7 Å². The number of ether oxygens (including phenoxy) is 4. The third-order valence-corrected chi connectivity index (χ3v) is 5.77. The first-order valence-corrected chi connectivity index (χ1v) is 12.0. The van der Waals surface area contributed by atoms with Crippen molar-refractivity contribution in [2.24, 2.45) is 0 Å². The minimum absolute atomic E-state index is 0.133. The van der Waals surface area contributed by atoms with Gasteiger partial charge in [-0.15, -0.1) is 0 Å². The summed E-state index contributed by atoms with van der Waals surface area (Å²) in [5.41, 5.74) is 0.829. The van der Waals surface area contributed by atoms with Gasteiger partial charge in [-0.05, 0) is 29.7 Å². The highest BCUT2D eigenvalue weighted by Gasteiger charge is 2.26. The first-order chi connectivity index (χ1) is 17.1. The van der Waals surface area contributed by atoms with Gasteiger partial charge in [-0.25, -0.2) is 9.78 Å². The van der Waals surface area contributed by atoms with Crippen LogP contribution in [0.3, 0.4) is 0 Å². The molecule has 36 heavy (non-hydrogen) atoms. The van der Waals surface area contributed by atoms with Crippen LogP contribution in [0.15, 0.2) is 47.6 Å². The van der Waals surface area contributed by atoms with Crippen molar-refractivity contribution in [3.05, 3.63) is 48.2 Å². The number of aliphatic hydroxyl groups is 1. The highest BCUT2D eigenvalue weighted by atomic mass is 32.2. The van der Waals surface area contributed by atoms with Crippen LogP contribution >= 0.6 is 0 Å². The number of methoxy groups -OCH3 is 1. The minimum Gasteiger partial charge on any atom is -0.497 e. The van der Waals surface area contributed by atoms with Crippen molar-refractivity contribution in [2.75, 3.05) is 25.0 Å². The van der Waals surface area contributed by atoms with Crippen molar-refractivity contribution in [3.63, 3.8) is 0 Å². The van der Waals surface area contributed by atoms with E-state index >= 15 is 0 Å². The molecule has 2 heterocycles. The fourth-order valence-electron chi connectivity index (χ4n) is 2.79. The Kier molecular flexibility index (Phi) is 8.45. The Morgan fingerprint density at radius 1 is 1.14 bits per heavy atom. The molecule has 0 unspecified atom stereocenters. The van der Waals surface area contributed by atoms with Crippen molar-refractivity contribution < 1.29 is 42.4 Å². The Morgan fingerprint density at radius 3 is 2.50 bits per heavy atom. The van der Waals surface area contributed by atoms with Gasteiger partial charge >= 0.3 is 12.2 Å². The van der Waals surface area contributed by atoms with Crippen LogP contribution in [0.5, 0.6) is 29.1 Å². The lowest BCUT2D eigenvalue weighted by atomic mass is 10.1. The maximum atomic E-state index is 13.1. The molecule has 192 valence electrons. The fraction of sp³-hybridized carbons (Fsp3) is 0.273. The number of nitrogens with zero attached hydrogens (tertiary/aromatic N) is 3. The Labute approximate surface area is 206 Å². The Morgan fingerprint density at radius 2 is 1.89 bits per heavy atom. The van der Waals surface area contributed by atoms with Crippen molar-refractivity contribution in [3.8, 4) is 29.1 Å². The Hall–Kier alpha value is -4.17. The number of hydrogen-bond acceptors (Lipinski definition) is 11. The molecule has 0 saturated heterocycles. The van der Waals surface area contributed by atoms with E-state index in [2.05, 4.69) is 24.4 Å². The molecule has 3 aromatic rings. The van der Waals surface area contributed by atoms with Gasteiger partial charge in [-0.2, -0.15) is 18.4 Å². The molecule has 3 N–H and O–H groups in total. The first kappa shape index (κ1) is 26.4. The van der Waals surface area contributed by atoms with Gasteiger partial charge in [0.1, 0.15) is 18.1 Å². The first-order valence-electron chi connectivity index (χ1n) is 10.5. The van der Waals surface area contributed by atoms with Crippen molar-refractivity contribution in [1.82, 2.24) is 15.0 Å². The van der Waals surface area contributed by atoms with Gasteiger partial charge in [-0.1, -0.05) is 26.0 Å². The van der Waals surface area contributed by atoms with Crippen LogP contribution in [-0.2, 0) is 10.0 Å². The summed E-state index contributed by atoms with van der Waals surface area (Å²) in [6.07, 6.45) is -0.314. The van der Waals surface area contributed by atoms with Crippen molar-refractivity contribution in [2.45, 2.75) is 24.8 Å². The zero-order valence-electron chi connectivity index (χ0n) is 19.5. The number of nitrogens with one attached hydrogen (secondary N) is 1. The van der Waals surface area contributed by atoms with Gasteiger partial charge in [0.15, 0.2) is 10.8 Å². The second-order valence-corrected chi connectivity index (χ2v) is 9.03. The highest BCUT2D eigenvalue weighted by Crippen LogP contribution is 2.39. The van der Waals surface area contributed by atoms with E-state index in [0.29, 0.717) is 5.75 Å². The van der Waals surface area contributed by atoms with Gasteiger partial charge in [0, 0.05) is 12.3 Å². The highest BCUT2D eigenvalue weighted by molar-refractivity contribution is 7.92. The van der Waals surface area contributed by atoms with Crippen LogP contribution in [0.25, 0.3) is 0 Å². The molecule has 13 nitrogen and oxygen atoms in total. The number of rotatable bonds is 11. The maximum Gasteiger partial charge on any atom is 0.513 e. The summed E-state index contributed by atoms with van der Waals surface area (Å²) in [5, 5.41) is 17.9. The molecule has 2 aromatic heterocycles. The van der Waals surface area contributed by atoms with Crippen LogP contribution in [-0.4, -0.2) is 60.1 Å². The predicted molar refractivity (Wildman–Crippen MR) is 125 cm³/mol. The maximum absolute atomic E-state index is 13.1. The van der Waals surface area contributed by atoms with E-state index in [0.717, 1.165) is 5.56 Å². The van der Waals surface area contributed by atoms with Crippen molar-refractivity contribution in [1.29, 1.82) is 0 Å². The lowest BCUT2D eigenvalue weighted by Crippen LogP contribution is -2.18. The van der Waals surface area contributed by atoms with E-state index in [4.69, 9.17) is 19.3 Å². The summed E-state index contributed by atoms with van der Waals surface area (Å²) in [4.78, 5) is 22.7. The second kappa shape index (κ2) is 11.5. The third kappa shape index (κ3) is 6.70. The number of sulfonamides is 1. The van der Waals surface area contributed by atoms with Gasteiger partial charge < -0.3 is 29.2 Å². The molecular formula is C22H24N4O9S. The number of aliphatic hydroxyl groups excluding tert-OH is 1. The number of hydrogen-bond donors (Lipinski definition) is 3. The topological polar surface area (TPSA) is 179 Å². The SMILES string of the molecule is COc1cccc(Oc2c(NS(=O)(=O)c3ccc(C(C)C)cn3)nc(OC(=O)O)nc2OCCO)c1.